The molecule has 2 heterocycles. The molecule has 3 rings (SSSR count). The first-order chi connectivity index (χ1) is 12.6. The van der Waals surface area contributed by atoms with Crippen molar-refractivity contribution in [1.29, 1.82) is 0 Å². The highest BCUT2D eigenvalue weighted by molar-refractivity contribution is 9.10. The van der Waals surface area contributed by atoms with E-state index in [4.69, 9.17) is 14.2 Å². The molecular weight excluding hydrogens is 440 g/mol. The van der Waals surface area contributed by atoms with E-state index in [1.165, 1.54) is 22.7 Å². The Morgan fingerprint density at radius 3 is 2.77 bits per heavy atom. The summed E-state index contributed by atoms with van der Waals surface area (Å²) in [5, 5.41) is 5.05. The minimum atomic E-state index is -0.474. The van der Waals surface area contributed by atoms with Crippen molar-refractivity contribution in [3.63, 3.8) is 0 Å². The molecule has 6 nitrogen and oxygen atoms in total. The number of rotatable bonds is 7. The number of carbonyl (C=O) groups excluding carboxylic acids is 1. The highest BCUT2D eigenvalue weighted by Crippen LogP contribution is 2.34. The first-order valence-electron chi connectivity index (χ1n) is 7.49. The van der Waals surface area contributed by atoms with E-state index in [1.54, 1.807) is 19.6 Å². The van der Waals surface area contributed by atoms with Crippen LogP contribution in [0.15, 0.2) is 33.4 Å². The Bertz CT molecular complexity index is 910. The molecule has 0 spiro atoms. The molecule has 1 aromatic carbocycles. The van der Waals surface area contributed by atoms with Crippen LogP contribution in [0.3, 0.4) is 0 Å². The van der Waals surface area contributed by atoms with Gasteiger partial charge < -0.3 is 14.2 Å². The fourth-order valence-electron chi connectivity index (χ4n) is 2.15. The molecule has 0 atom stereocenters. The van der Waals surface area contributed by atoms with Crippen LogP contribution in [0.4, 0.5) is 0 Å². The van der Waals surface area contributed by atoms with Crippen LogP contribution in [0.5, 0.6) is 5.75 Å². The van der Waals surface area contributed by atoms with Gasteiger partial charge in [-0.1, -0.05) is 15.9 Å². The van der Waals surface area contributed by atoms with E-state index in [9.17, 15) is 4.79 Å². The van der Waals surface area contributed by atoms with Crippen molar-refractivity contribution in [1.82, 2.24) is 9.97 Å². The van der Waals surface area contributed by atoms with E-state index in [-0.39, 0.29) is 12.3 Å². The molecule has 0 saturated heterocycles. The second-order valence-electron chi connectivity index (χ2n) is 5.12. The van der Waals surface area contributed by atoms with E-state index in [1.807, 2.05) is 23.6 Å². The Morgan fingerprint density at radius 2 is 2.00 bits per heavy atom. The molecule has 0 N–H and O–H groups in total. The minimum Gasteiger partial charge on any atom is -0.496 e. The molecule has 0 aliphatic carbocycles. The predicted octanol–water partition coefficient (Wildman–Crippen LogP) is 4.54. The summed E-state index contributed by atoms with van der Waals surface area (Å²) in [5.41, 5.74) is 1.84. The second-order valence-corrected chi connectivity index (χ2v) is 7.84. The van der Waals surface area contributed by atoms with Crippen LogP contribution in [0.25, 0.3) is 10.6 Å². The molecule has 0 bridgehead atoms. The van der Waals surface area contributed by atoms with Gasteiger partial charge in [0.1, 0.15) is 22.4 Å². The summed E-state index contributed by atoms with van der Waals surface area (Å²) in [6, 6.07) is 5.73. The number of benzene rings is 1. The van der Waals surface area contributed by atoms with Crippen LogP contribution in [-0.4, -0.2) is 30.2 Å². The lowest BCUT2D eigenvalue weighted by Gasteiger charge is -2.06. The Kier molecular flexibility index (Phi) is 6.36. The third-order valence-corrected chi connectivity index (χ3v) is 5.56. The largest absolute Gasteiger partial charge is 0.496 e. The Labute approximate surface area is 166 Å². The van der Waals surface area contributed by atoms with Gasteiger partial charge in [0.25, 0.3) is 0 Å². The number of thiazole rings is 2. The Hall–Kier alpha value is -1.81. The Balaban J connectivity index is 1.67. The van der Waals surface area contributed by atoms with Gasteiger partial charge in [0.15, 0.2) is 5.69 Å². The third kappa shape index (κ3) is 4.47. The monoisotopic (exact) mass is 454 g/mol. The molecule has 136 valence electrons. The van der Waals surface area contributed by atoms with Crippen molar-refractivity contribution in [3.05, 3.63) is 49.8 Å². The van der Waals surface area contributed by atoms with E-state index in [0.29, 0.717) is 12.3 Å². The van der Waals surface area contributed by atoms with Crippen molar-refractivity contribution in [2.24, 2.45) is 0 Å². The zero-order chi connectivity index (χ0) is 18.5. The van der Waals surface area contributed by atoms with Gasteiger partial charge in [-0.2, -0.15) is 0 Å². The molecule has 26 heavy (non-hydrogen) atoms. The van der Waals surface area contributed by atoms with Crippen LogP contribution in [-0.2, 0) is 22.7 Å². The first kappa shape index (κ1) is 19.0. The van der Waals surface area contributed by atoms with Gasteiger partial charge in [-0.05, 0) is 18.2 Å². The maximum absolute atomic E-state index is 12.1. The minimum absolute atomic E-state index is 0.0861. The molecular formula is C17H15BrN2O4S2. The molecule has 0 aliphatic rings. The van der Waals surface area contributed by atoms with Gasteiger partial charge in [0.05, 0.1) is 25.0 Å². The lowest BCUT2D eigenvalue weighted by atomic mass is 10.2. The maximum Gasteiger partial charge on any atom is 0.358 e. The summed E-state index contributed by atoms with van der Waals surface area (Å²) in [6.45, 7) is 0.463. The fraction of sp³-hybridized carbons (Fsp3) is 0.235. The number of nitrogens with zero attached hydrogens (tertiary/aromatic N) is 2. The normalized spacial score (nSPS) is 10.7. The number of carbonyl (C=O) groups is 1. The number of halogens is 1. The summed E-state index contributed by atoms with van der Waals surface area (Å²) < 4.78 is 16.6. The standard InChI is InChI=1S/C17H15BrN2O4S2/c1-22-7-15-20-13(9-25-15)17(21)24-6-11-8-26-16(19-11)12-5-10(18)3-4-14(12)23-2/h3-5,8-9H,6-7H2,1-2H3. The quantitative estimate of drug-likeness (QED) is 0.488. The van der Waals surface area contributed by atoms with E-state index < -0.39 is 5.97 Å². The molecule has 0 radical (unpaired) electrons. The van der Waals surface area contributed by atoms with Crippen molar-refractivity contribution >= 4 is 44.6 Å². The van der Waals surface area contributed by atoms with Gasteiger partial charge in [-0.3, -0.25) is 0 Å². The number of ether oxygens (including phenoxy) is 3. The molecule has 0 fully saturated rings. The first-order valence-corrected chi connectivity index (χ1v) is 10.0. The molecule has 0 unspecified atom stereocenters. The predicted molar refractivity (Wildman–Crippen MR) is 104 cm³/mol. The highest BCUT2D eigenvalue weighted by atomic mass is 79.9. The van der Waals surface area contributed by atoms with Crippen LogP contribution < -0.4 is 4.74 Å². The van der Waals surface area contributed by atoms with E-state index >= 15 is 0 Å². The lowest BCUT2D eigenvalue weighted by Crippen LogP contribution is -2.06. The van der Waals surface area contributed by atoms with E-state index in [2.05, 4.69) is 25.9 Å². The van der Waals surface area contributed by atoms with Gasteiger partial charge in [0.2, 0.25) is 0 Å². The average molecular weight is 455 g/mol. The van der Waals surface area contributed by atoms with Crippen molar-refractivity contribution < 1.29 is 19.0 Å². The average Bonchev–Trinajstić information content (AvgIpc) is 3.29. The molecule has 0 aliphatic heterocycles. The highest BCUT2D eigenvalue weighted by Gasteiger charge is 2.15. The molecule has 9 heteroatoms. The SMILES string of the molecule is COCc1nc(C(=O)OCc2csc(-c3cc(Br)ccc3OC)n2)cs1. The molecule has 2 aromatic heterocycles. The number of hydrogen-bond acceptors (Lipinski definition) is 8. The van der Waals surface area contributed by atoms with Gasteiger partial charge in [0, 0.05) is 22.3 Å². The van der Waals surface area contributed by atoms with Gasteiger partial charge in [-0.15, -0.1) is 22.7 Å². The number of esters is 1. The topological polar surface area (TPSA) is 70.5 Å². The number of methoxy groups -OCH3 is 2. The summed E-state index contributed by atoms with van der Waals surface area (Å²) in [4.78, 5) is 20.8. The summed E-state index contributed by atoms with van der Waals surface area (Å²) in [6.07, 6.45) is 0. The van der Waals surface area contributed by atoms with Crippen molar-refractivity contribution in [3.8, 4) is 16.3 Å². The van der Waals surface area contributed by atoms with Crippen molar-refractivity contribution in [2.45, 2.75) is 13.2 Å². The smallest absolute Gasteiger partial charge is 0.358 e. The second kappa shape index (κ2) is 8.72. The lowest BCUT2D eigenvalue weighted by molar-refractivity contribution is 0.0462. The zero-order valence-electron chi connectivity index (χ0n) is 14.0. The van der Waals surface area contributed by atoms with Crippen LogP contribution in [0.1, 0.15) is 21.2 Å². The van der Waals surface area contributed by atoms with Crippen molar-refractivity contribution in [2.75, 3.05) is 14.2 Å². The van der Waals surface area contributed by atoms with Gasteiger partial charge >= 0.3 is 5.97 Å². The summed E-state index contributed by atoms with van der Waals surface area (Å²) in [5.74, 6) is 0.262. The fourth-order valence-corrected chi connectivity index (χ4v) is 4.07. The zero-order valence-corrected chi connectivity index (χ0v) is 17.2. The summed E-state index contributed by atoms with van der Waals surface area (Å²) in [7, 11) is 3.20. The maximum atomic E-state index is 12.1. The molecule has 3 aromatic rings. The molecule has 0 amide bonds. The number of aromatic nitrogens is 2. The van der Waals surface area contributed by atoms with Crippen LogP contribution >= 0.6 is 38.6 Å². The Morgan fingerprint density at radius 1 is 1.15 bits per heavy atom. The third-order valence-electron chi connectivity index (χ3n) is 3.32. The van der Waals surface area contributed by atoms with Gasteiger partial charge in [-0.25, -0.2) is 14.8 Å². The van der Waals surface area contributed by atoms with Crippen LogP contribution in [0, 0.1) is 0 Å². The summed E-state index contributed by atoms with van der Waals surface area (Å²) >= 11 is 6.28. The number of hydrogen-bond donors (Lipinski definition) is 0. The van der Waals surface area contributed by atoms with E-state index in [0.717, 1.165) is 25.8 Å². The molecule has 0 saturated carbocycles. The van der Waals surface area contributed by atoms with Crippen LogP contribution in [0.2, 0.25) is 0 Å².